The molecule has 0 unspecified atom stereocenters. The van der Waals surface area contributed by atoms with Crippen LogP contribution in [0.25, 0.3) is 0 Å². The zero-order chi connectivity index (χ0) is 5.41. The van der Waals surface area contributed by atoms with Gasteiger partial charge in [0.2, 0.25) is 0 Å². The molecule has 5 heteroatoms. The van der Waals surface area contributed by atoms with Crippen molar-refractivity contribution in [1.29, 1.82) is 0 Å². The summed E-state index contributed by atoms with van der Waals surface area (Å²) in [6, 6.07) is 0. The van der Waals surface area contributed by atoms with Gasteiger partial charge in [-0.25, -0.2) is 0 Å². The molecule has 0 aromatic rings. The van der Waals surface area contributed by atoms with Crippen molar-refractivity contribution in [3.05, 3.63) is 0 Å². The maximum atomic E-state index is 4.96. The average molecular weight is 388 g/mol. The predicted octanol–water partition coefficient (Wildman–Crippen LogP) is 1.30. The van der Waals surface area contributed by atoms with E-state index in [4.69, 9.17) is 22.4 Å². The zero-order valence-corrected chi connectivity index (χ0v) is 9.90. The molecule has 2 N–H and O–H groups in total. The first-order valence-electron chi connectivity index (χ1n) is 1.05. The maximum absolute atomic E-state index is 4.96. The molecule has 0 aliphatic heterocycles. The summed E-state index contributed by atoms with van der Waals surface area (Å²) in [5.41, 5.74) is 5.33. The molecule has 0 saturated carbocycles. The van der Waals surface area contributed by atoms with E-state index in [1.807, 2.05) is 0 Å². The molecule has 0 aliphatic carbocycles. The van der Waals surface area contributed by atoms with E-state index in [1.165, 1.54) is 0 Å². The van der Waals surface area contributed by atoms with E-state index in [1.54, 1.807) is 0 Å². The van der Waals surface area contributed by atoms with Crippen molar-refractivity contribution < 1.29 is 0 Å². The second kappa shape index (κ2) is 15.8. The molecule has 0 rings (SSSR count). The van der Waals surface area contributed by atoms with Gasteiger partial charge < -0.3 is 5.73 Å². The molecular weight excluding hydrogens is 384 g/mol. The van der Waals surface area contributed by atoms with Gasteiger partial charge in [0.1, 0.15) is 0 Å². The van der Waals surface area contributed by atoms with Crippen molar-refractivity contribution in [3.8, 4) is 0 Å². The summed E-state index contributed by atoms with van der Waals surface area (Å²) in [6.45, 7) is 0. The standard InChI is InChI=1S/CH4BrN.2ClH.Pb/c2-1-3;;;/h1,3H2;2*1H;/q;;;+2/p-2. The third-order valence-electron chi connectivity index (χ3n) is 0. The Bertz CT molecular complexity index is 15.5. The molecule has 0 amide bonds. The monoisotopic (exact) mass is 387 g/mol. The molecule has 0 spiro atoms. The van der Waals surface area contributed by atoms with Crippen LogP contribution in [0.1, 0.15) is 0 Å². The summed E-state index contributed by atoms with van der Waals surface area (Å²) < 4.78 is 0. The van der Waals surface area contributed by atoms with E-state index in [-0.39, 0.29) is 0 Å². The van der Waals surface area contributed by atoms with E-state index < -0.39 is 21.8 Å². The molecular formula is CH4BrCl2NPb. The second-order valence-electron chi connectivity index (χ2n) is 0.226. The first kappa shape index (κ1) is 10.8. The van der Waals surface area contributed by atoms with Crippen LogP contribution in [0.3, 0.4) is 0 Å². The number of hydrogen-bond acceptors (Lipinski definition) is 1. The minimum atomic E-state index is -0.972. The van der Waals surface area contributed by atoms with E-state index >= 15 is 0 Å². The van der Waals surface area contributed by atoms with Crippen LogP contribution in [-0.2, 0) is 0 Å². The first-order valence-corrected chi connectivity index (χ1v) is 11.7. The van der Waals surface area contributed by atoms with Gasteiger partial charge in [0.25, 0.3) is 0 Å². The quantitative estimate of drug-likeness (QED) is 0.378. The van der Waals surface area contributed by atoms with E-state index in [9.17, 15) is 0 Å². The van der Waals surface area contributed by atoms with Crippen molar-refractivity contribution in [1.82, 2.24) is 0 Å². The fraction of sp³-hybridized carbons (Fsp3) is 1.00. The molecule has 0 saturated heterocycles. The van der Waals surface area contributed by atoms with Gasteiger partial charge in [0.15, 0.2) is 0 Å². The number of hydrogen-bond donors (Lipinski definition) is 1. The van der Waals surface area contributed by atoms with Crippen LogP contribution >= 0.6 is 32.6 Å². The van der Waals surface area contributed by atoms with Gasteiger partial charge in [-0.3, -0.25) is 0 Å². The van der Waals surface area contributed by atoms with Gasteiger partial charge in [-0.1, -0.05) is 15.9 Å². The Balaban J connectivity index is 0. The summed E-state index contributed by atoms with van der Waals surface area (Å²) in [6.07, 6.45) is 0. The van der Waals surface area contributed by atoms with Crippen molar-refractivity contribution in [2.24, 2.45) is 5.73 Å². The van der Waals surface area contributed by atoms with Crippen molar-refractivity contribution in [3.63, 3.8) is 0 Å². The molecule has 1 nitrogen and oxygen atoms in total. The Hall–Kier alpha value is 1.94. The Kier molecular flexibility index (Phi) is 28.5. The molecule has 0 aliphatic rings. The van der Waals surface area contributed by atoms with Crippen LogP contribution in [-0.4, -0.2) is 27.2 Å². The third-order valence-corrected chi connectivity index (χ3v) is 0. The average Bonchev–Trinajstić information content (AvgIpc) is 1.39. The van der Waals surface area contributed by atoms with Gasteiger partial charge >= 0.3 is 38.4 Å². The van der Waals surface area contributed by atoms with Gasteiger partial charge in [-0.05, 0) is 0 Å². The topological polar surface area (TPSA) is 26.0 Å². The Labute approximate surface area is 64.8 Å². The third kappa shape index (κ3) is 38.5. The SMILES string of the molecule is NCBr.[Cl][Pb][Cl]. The molecule has 0 bridgehead atoms. The van der Waals surface area contributed by atoms with Gasteiger partial charge in [0.05, 0.1) is 0 Å². The molecule has 0 aromatic heterocycles. The van der Waals surface area contributed by atoms with Crippen LogP contribution in [0, 0.1) is 0 Å². The molecule has 6 heavy (non-hydrogen) atoms. The van der Waals surface area contributed by atoms with Crippen molar-refractivity contribution in [2.45, 2.75) is 0 Å². The number of nitrogens with two attached hydrogens (primary N) is 1. The van der Waals surface area contributed by atoms with Crippen molar-refractivity contribution in [2.75, 3.05) is 5.45 Å². The van der Waals surface area contributed by atoms with Crippen molar-refractivity contribution >= 4 is 54.3 Å². The van der Waals surface area contributed by atoms with E-state index in [0.717, 1.165) is 0 Å². The summed E-state index contributed by atoms with van der Waals surface area (Å²) in [4.78, 5) is 0. The van der Waals surface area contributed by atoms with Gasteiger partial charge in [-0.15, -0.1) is 0 Å². The Morgan fingerprint density at radius 3 is 1.67 bits per heavy atom. The molecule has 0 heterocycles. The molecule has 0 fully saturated rings. The molecule has 0 atom stereocenters. The van der Waals surface area contributed by atoms with Crippen LogP contribution in [0.5, 0.6) is 0 Å². The summed E-state index contributed by atoms with van der Waals surface area (Å²) in [5, 5.41) is 0. The predicted molar refractivity (Wildman–Crippen MR) is 35.4 cm³/mol. The van der Waals surface area contributed by atoms with Crippen LogP contribution in [0.2, 0.25) is 0 Å². The molecule has 2 radical (unpaired) electrons. The fourth-order valence-electron chi connectivity index (χ4n) is 0. The molecule has 38 valence electrons. The van der Waals surface area contributed by atoms with Crippen LogP contribution < -0.4 is 5.73 Å². The van der Waals surface area contributed by atoms with Crippen LogP contribution in [0.15, 0.2) is 0 Å². The van der Waals surface area contributed by atoms with Crippen LogP contribution in [0.4, 0.5) is 0 Å². The Morgan fingerprint density at radius 1 is 1.67 bits per heavy atom. The normalized spacial score (nSPS) is 6.00. The number of halogens is 3. The molecule has 0 aromatic carbocycles. The zero-order valence-electron chi connectivity index (χ0n) is 2.92. The summed E-state index contributed by atoms with van der Waals surface area (Å²) in [5.74, 6) is 0. The second-order valence-corrected chi connectivity index (χ2v) is 6.44. The first-order chi connectivity index (χ1) is 2.83. The van der Waals surface area contributed by atoms with E-state index in [2.05, 4.69) is 15.9 Å². The summed E-state index contributed by atoms with van der Waals surface area (Å²) in [7, 11) is 9.92. The fourth-order valence-corrected chi connectivity index (χ4v) is 0. The van der Waals surface area contributed by atoms with Gasteiger partial charge in [-0.2, -0.15) is 0 Å². The Morgan fingerprint density at radius 2 is 1.67 bits per heavy atom. The van der Waals surface area contributed by atoms with E-state index in [0.29, 0.717) is 5.45 Å². The minimum absolute atomic E-state index is 0.562. The van der Waals surface area contributed by atoms with Gasteiger partial charge in [0, 0.05) is 5.45 Å². The summed E-state index contributed by atoms with van der Waals surface area (Å²) >= 11 is 1.95. The number of rotatable bonds is 0. The number of alkyl halides is 1.